The van der Waals surface area contributed by atoms with Crippen LogP contribution < -0.4 is 19.1 Å². The molecule has 4 rings (SSSR count). The maximum atomic E-state index is 12.8. The van der Waals surface area contributed by atoms with Gasteiger partial charge in [0.2, 0.25) is 22.7 Å². The van der Waals surface area contributed by atoms with Crippen molar-refractivity contribution in [2.75, 3.05) is 18.2 Å². The molecular formula is C16H18N4O5S. The van der Waals surface area contributed by atoms with E-state index >= 15 is 0 Å². The van der Waals surface area contributed by atoms with Crippen LogP contribution in [0.3, 0.4) is 0 Å². The van der Waals surface area contributed by atoms with Crippen molar-refractivity contribution < 1.29 is 22.7 Å². The normalized spacial score (nSPS) is 19.8. The number of piperidine rings is 1. The van der Waals surface area contributed by atoms with Gasteiger partial charge in [0.15, 0.2) is 11.5 Å². The molecule has 3 heterocycles. The van der Waals surface area contributed by atoms with E-state index in [-0.39, 0.29) is 17.6 Å². The molecule has 1 amide bonds. The summed E-state index contributed by atoms with van der Waals surface area (Å²) in [7, 11) is -2.13. The van der Waals surface area contributed by atoms with E-state index in [0.29, 0.717) is 36.7 Å². The molecule has 0 radical (unpaired) electrons. The Kier molecular flexibility index (Phi) is 4.08. The Morgan fingerprint density at radius 1 is 1.23 bits per heavy atom. The average Bonchev–Trinajstić information content (AvgIpc) is 3.24. The zero-order valence-corrected chi connectivity index (χ0v) is 14.9. The van der Waals surface area contributed by atoms with Crippen LogP contribution in [0.2, 0.25) is 0 Å². The zero-order chi connectivity index (χ0) is 18.3. The summed E-state index contributed by atoms with van der Waals surface area (Å²) in [6.07, 6.45) is 2.73. The third-order valence-corrected chi connectivity index (χ3v) is 5.93. The van der Waals surface area contributed by atoms with Gasteiger partial charge >= 0.3 is 0 Å². The topological polar surface area (TPSA) is 103 Å². The van der Waals surface area contributed by atoms with E-state index in [9.17, 15) is 13.2 Å². The van der Waals surface area contributed by atoms with Crippen LogP contribution in [0.4, 0.5) is 5.82 Å². The number of sulfonamides is 1. The Labute approximate surface area is 150 Å². The fraction of sp³-hybridized carbons (Fsp3) is 0.375. The number of hydrogen-bond acceptors (Lipinski definition) is 6. The lowest BCUT2D eigenvalue weighted by atomic mass is 10.1. The molecule has 0 aliphatic carbocycles. The molecule has 1 unspecified atom stereocenters. The van der Waals surface area contributed by atoms with Crippen LogP contribution >= 0.6 is 0 Å². The molecule has 0 saturated carbocycles. The summed E-state index contributed by atoms with van der Waals surface area (Å²) in [5.41, 5.74) is 0. The summed E-state index contributed by atoms with van der Waals surface area (Å²) in [4.78, 5) is 14.4. The first-order valence-electron chi connectivity index (χ1n) is 8.17. The predicted molar refractivity (Wildman–Crippen MR) is 91.5 cm³/mol. The number of ether oxygens (including phenoxy) is 2. The van der Waals surface area contributed by atoms with E-state index < -0.39 is 16.1 Å². The monoisotopic (exact) mass is 378 g/mol. The molecule has 9 nitrogen and oxygen atoms in total. The Morgan fingerprint density at radius 2 is 2.04 bits per heavy atom. The quantitative estimate of drug-likeness (QED) is 0.837. The van der Waals surface area contributed by atoms with E-state index in [4.69, 9.17) is 9.47 Å². The van der Waals surface area contributed by atoms with Gasteiger partial charge in [0.25, 0.3) is 0 Å². The number of hydrogen-bond donors (Lipinski definition) is 1. The third-order valence-electron chi connectivity index (χ3n) is 4.46. The minimum Gasteiger partial charge on any atom is -0.454 e. The van der Waals surface area contributed by atoms with Crippen LogP contribution in [0, 0.1) is 0 Å². The van der Waals surface area contributed by atoms with Gasteiger partial charge < -0.3 is 9.47 Å². The SMILES string of the molecule is Cn1nccc1N1CCCC(NS(=O)(=O)c2ccc3c(c2)OCO3)C1=O. The lowest BCUT2D eigenvalue weighted by Crippen LogP contribution is -2.52. The highest BCUT2D eigenvalue weighted by Crippen LogP contribution is 2.34. The maximum Gasteiger partial charge on any atom is 0.246 e. The van der Waals surface area contributed by atoms with Crippen molar-refractivity contribution in [1.29, 1.82) is 0 Å². The molecule has 2 aliphatic rings. The molecule has 1 saturated heterocycles. The molecule has 10 heteroatoms. The first-order valence-corrected chi connectivity index (χ1v) is 9.65. The van der Waals surface area contributed by atoms with Crippen molar-refractivity contribution in [1.82, 2.24) is 14.5 Å². The number of fused-ring (bicyclic) bond motifs is 1. The first-order chi connectivity index (χ1) is 12.5. The molecule has 1 atom stereocenters. The number of carbonyl (C=O) groups is 1. The average molecular weight is 378 g/mol. The highest BCUT2D eigenvalue weighted by molar-refractivity contribution is 7.89. The van der Waals surface area contributed by atoms with Crippen molar-refractivity contribution in [2.45, 2.75) is 23.8 Å². The van der Waals surface area contributed by atoms with E-state index in [1.165, 1.54) is 12.1 Å². The minimum atomic E-state index is -3.87. The molecule has 1 fully saturated rings. The molecule has 2 aromatic rings. The van der Waals surface area contributed by atoms with Crippen molar-refractivity contribution in [3.05, 3.63) is 30.5 Å². The van der Waals surface area contributed by atoms with E-state index in [2.05, 4.69) is 9.82 Å². The van der Waals surface area contributed by atoms with E-state index in [1.807, 2.05) is 0 Å². The first kappa shape index (κ1) is 16.9. The number of aromatic nitrogens is 2. The molecule has 1 N–H and O–H groups in total. The summed E-state index contributed by atoms with van der Waals surface area (Å²) < 4.78 is 39.9. The fourth-order valence-corrected chi connectivity index (χ4v) is 4.38. The summed E-state index contributed by atoms with van der Waals surface area (Å²) in [6, 6.07) is 5.28. The molecular weight excluding hydrogens is 360 g/mol. The van der Waals surface area contributed by atoms with Gasteiger partial charge in [-0.1, -0.05) is 0 Å². The predicted octanol–water partition coefficient (Wildman–Crippen LogP) is 0.623. The van der Waals surface area contributed by atoms with Gasteiger partial charge in [-0.15, -0.1) is 0 Å². The van der Waals surface area contributed by atoms with Gasteiger partial charge in [0, 0.05) is 25.7 Å². The largest absolute Gasteiger partial charge is 0.454 e. The molecule has 0 spiro atoms. The fourth-order valence-electron chi connectivity index (χ4n) is 3.14. The van der Waals surface area contributed by atoms with Crippen molar-refractivity contribution in [3.8, 4) is 11.5 Å². The van der Waals surface area contributed by atoms with Crippen LogP contribution in [0.25, 0.3) is 0 Å². The summed E-state index contributed by atoms with van der Waals surface area (Å²) in [5, 5.41) is 4.07. The van der Waals surface area contributed by atoms with Crippen molar-refractivity contribution >= 4 is 21.7 Å². The summed E-state index contributed by atoms with van der Waals surface area (Å²) in [5.74, 6) is 1.23. The highest BCUT2D eigenvalue weighted by atomic mass is 32.2. The second-order valence-corrected chi connectivity index (χ2v) is 7.85. The van der Waals surface area contributed by atoms with Gasteiger partial charge in [-0.3, -0.25) is 14.4 Å². The smallest absolute Gasteiger partial charge is 0.246 e. The Morgan fingerprint density at radius 3 is 2.81 bits per heavy atom. The Bertz CT molecular complexity index is 955. The molecule has 1 aromatic heterocycles. The third kappa shape index (κ3) is 2.90. The minimum absolute atomic E-state index is 0.0345. The standard InChI is InChI=1S/C16H18N4O5S/c1-19-15(6-7-17-19)20-8-2-3-12(16(20)21)18-26(22,23)11-4-5-13-14(9-11)25-10-24-13/h4-7,9,12,18H,2-3,8,10H2,1H3. The molecule has 138 valence electrons. The second kappa shape index (κ2) is 6.29. The number of benzene rings is 1. The van der Waals surface area contributed by atoms with E-state index in [1.54, 1.807) is 35.0 Å². The molecule has 26 heavy (non-hydrogen) atoms. The van der Waals surface area contributed by atoms with Gasteiger partial charge in [-0.05, 0) is 25.0 Å². The number of amides is 1. The number of anilines is 1. The molecule has 1 aromatic carbocycles. The number of nitrogens with zero attached hydrogens (tertiary/aromatic N) is 3. The summed E-state index contributed by atoms with van der Waals surface area (Å²) in [6.45, 7) is 0.591. The summed E-state index contributed by atoms with van der Waals surface area (Å²) >= 11 is 0. The lowest BCUT2D eigenvalue weighted by Gasteiger charge is -2.32. The van der Waals surface area contributed by atoms with E-state index in [0.717, 1.165) is 0 Å². The number of aryl methyl sites for hydroxylation is 1. The van der Waals surface area contributed by atoms with Crippen molar-refractivity contribution in [2.24, 2.45) is 7.05 Å². The van der Waals surface area contributed by atoms with Crippen molar-refractivity contribution in [3.63, 3.8) is 0 Å². The maximum absolute atomic E-state index is 12.8. The van der Waals surface area contributed by atoms with Crippen LogP contribution in [0.15, 0.2) is 35.4 Å². The zero-order valence-electron chi connectivity index (χ0n) is 14.1. The number of carbonyl (C=O) groups excluding carboxylic acids is 1. The van der Waals surface area contributed by atoms with Crippen LogP contribution in [0.1, 0.15) is 12.8 Å². The van der Waals surface area contributed by atoms with Crippen LogP contribution in [-0.4, -0.2) is 43.5 Å². The second-order valence-electron chi connectivity index (χ2n) is 6.13. The van der Waals surface area contributed by atoms with Gasteiger partial charge in [0.1, 0.15) is 11.9 Å². The van der Waals surface area contributed by atoms with Gasteiger partial charge in [-0.2, -0.15) is 9.82 Å². The van der Waals surface area contributed by atoms with Crippen LogP contribution in [-0.2, 0) is 21.9 Å². The molecule has 2 aliphatic heterocycles. The Hall–Kier alpha value is -2.59. The number of nitrogens with one attached hydrogen (secondary N) is 1. The van der Waals surface area contributed by atoms with Gasteiger partial charge in [-0.25, -0.2) is 8.42 Å². The molecule has 0 bridgehead atoms. The Balaban J connectivity index is 1.56. The van der Waals surface area contributed by atoms with Crippen LogP contribution in [0.5, 0.6) is 11.5 Å². The van der Waals surface area contributed by atoms with Gasteiger partial charge in [0.05, 0.1) is 11.1 Å². The highest BCUT2D eigenvalue weighted by Gasteiger charge is 2.34. The lowest BCUT2D eigenvalue weighted by molar-refractivity contribution is -0.121. The number of rotatable bonds is 4.